The molecule has 1 aromatic carbocycles. The van der Waals surface area contributed by atoms with Crippen molar-refractivity contribution in [1.82, 2.24) is 10.2 Å². The Balaban J connectivity index is 1.55. The van der Waals surface area contributed by atoms with E-state index in [1.54, 1.807) is 0 Å². The van der Waals surface area contributed by atoms with Crippen molar-refractivity contribution < 1.29 is 9.59 Å². The second-order valence-corrected chi connectivity index (χ2v) is 9.53. The van der Waals surface area contributed by atoms with Crippen molar-refractivity contribution in [1.29, 1.82) is 0 Å². The minimum atomic E-state index is -0.00395. The number of thioether (sulfide) groups is 1. The Kier molecular flexibility index (Phi) is 7.83. The molecule has 2 aliphatic carbocycles. The first kappa shape index (κ1) is 21.2. The van der Waals surface area contributed by atoms with E-state index in [0.29, 0.717) is 17.4 Å². The van der Waals surface area contributed by atoms with Crippen molar-refractivity contribution in [3.05, 3.63) is 29.8 Å². The Morgan fingerprint density at radius 2 is 1.71 bits per heavy atom. The first-order chi connectivity index (χ1) is 13.5. The van der Waals surface area contributed by atoms with Crippen LogP contribution in [0.15, 0.2) is 29.2 Å². The number of hydrogen-bond donors (Lipinski definition) is 1. The van der Waals surface area contributed by atoms with Gasteiger partial charge < -0.3 is 10.2 Å². The molecule has 0 heterocycles. The van der Waals surface area contributed by atoms with Crippen LogP contribution in [-0.2, 0) is 4.79 Å². The zero-order chi connectivity index (χ0) is 19.9. The second kappa shape index (κ2) is 10.3. The smallest absolute Gasteiger partial charge is 0.252 e. The van der Waals surface area contributed by atoms with Crippen LogP contribution in [0.25, 0.3) is 0 Å². The summed E-state index contributed by atoms with van der Waals surface area (Å²) in [6.45, 7) is 2.28. The van der Waals surface area contributed by atoms with Gasteiger partial charge in [0.15, 0.2) is 0 Å². The molecular weight excluding hydrogens is 368 g/mol. The third kappa shape index (κ3) is 5.76. The van der Waals surface area contributed by atoms with Gasteiger partial charge in [0, 0.05) is 24.0 Å². The third-order valence-electron chi connectivity index (χ3n) is 6.35. The van der Waals surface area contributed by atoms with E-state index in [4.69, 9.17) is 0 Å². The summed E-state index contributed by atoms with van der Waals surface area (Å²) in [4.78, 5) is 28.3. The molecule has 154 valence electrons. The van der Waals surface area contributed by atoms with Gasteiger partial charge in [0.1, 0.15) is 0 Å². The van der Waals surface area contributed by atoms with E-state index in [1.807, 2.05) is 36.2 Å². The standard InChI is InChI=1S/C23H34N2O2S/c1-17-12-14-18(15-13-17)24-23(27)20-10-6-7-11-21(20)28-16-22(26)25(2)19-8-4-3-5-9-19/h6-7,10-11,17-19H,3-5,8-9,12-16H2,1-2H3,(H,24,27). The van der Waals surface area contributed by atoms with Gasteiger partial charge in [0.2, 0.25) is 5.91 Å². The predicted octanol–water partition coefficient (Wildman–Crippen LogP) is 4.88. The fraction of sp³-hybridized carbons (Fsp3) is 0.652. The molecule has 0 aliphatic heterocycles. The van der Waals surface area contributed by atoms with E-state index in [2.05, 4.69) is 12.2 Å². The molecule has 3 rings (SSSR count). The molecule has 0 bridgehead atoms. The molecule has 0 radical (unpaired) electrons. The summed E-state index contributed by atoms with van der Waals surface area (Å²) < 4.78 is 0. The van der Waals surface area contributed by atoms with Crippen LogP contribution in [0.2, 0.25) is 0 Å². The SMILES string of the molecule is CC1CCC(NC(=O)c2ccccc2SCC(=O)N(C)C2CCCCC2)CC1. The van der Waals surface area contributed by atoms with Crippen molar-refractivity contribution >= 4 is 23.6 Å². The molecule has 2 saturated carbocycles. The molecule has 0 spiro atoms. The van der Waals surface area contributed by atoms with Gasteiger partial charge in [-0.1, -0.05) is 38.3 Å². The number of nitrogens with one attached hydrogen (secondary N) is 1. The quantitative estimate of drug-likeness (QED) is 0.690. The number of carbonyl (C=O) groups excluding carboxylic acids is 2. The van der Waals surface area contributed by atoms with Gasteiger partial charge in [-0.3, -0.25) is 9.59 Å². The molecule has 0 atom stereocenters. The normalized spacial score (nSPS) is 23.2. The molecule has 2 aliphatic rings. The van der Waals surface area contributed by atoms with Gasteiger partial charge in [-0.2, -0.15) is 0 Å². The van der Waals surface area contributed by atoms with Gasteiger partial charge in [0.25, 0.3) is 5.91 Å². The first-order valence-electron chi connectivity index (χ1n) is 10.8. The van der Waals surface area contributed by atoms with E-state index in [0.717, 1.165) is 36.5 Å². The fourth-order valence-corrected chi connectivity index (χ4v) is 5.33. The molecule has 4 nitrogen and oxygen atoms in total. The number of nitrogens with zero attached hydrogens (tertiary/aromatic N) is 1. The highest BCUT2D eigenvalue weighted by Crippen LogP contribution is 2.27. The zero-order valence-corrected chi connectivity index (χ0v) is 18.1. The Morgan fingerprint density at radius 1 is 1.04 bits per heavy atom. The monoisotopic (exact) mass is 402 g/mol. The lowest BCUT2D eigenvalue weighted by molar-refractivity contribution is -0.129. The summed E-state index contributed by atoms with van der Waals surface area (Å²) in [5.41, 5.74) is 0.694. The maximum absolute atomic E-state index is 12.8. The highest BCUT2D eigenvalue weighted by Gasteiger charge is 2.24. The Bertz CT molecular complexity index is 664. The van der Waals surface area contributed by atoms with Crippen LogP contribution in [0.5, 0.6) is 0 Å². The Morgan fingerprint density at radius 3 is 2.43 bits per heavy atom. The number of hydrogen-bond acceptors (Lipinski definition) is 3. The molecule has 0 unspecified atom stereocenters. The third-order valence-corrected chi connectivity index (χ3v) is 7.41. The Hall–Kier alpha value is -1.49. The van der Waals surface area contributed by atoms with Crippen molar-refractivity contribution in [2.24, 2.45) is 5.92 Å². The van der Waals surface area contributed by atoms with Crippen molar-refractivity contribution in [3.63, 3.8) is 0 Å². The van der Waals surface area contributed by atoms with Crippen molar-refractivity contribution in [3.8, 4) is 0 Å². The van der Waals surface area contributed by atoms with Gasteiger partial charge in [-0.15, -0.1) is 11.8 Å². The van der Waals surface area contributed by atoms with Crippen molar-refractivity contribution in [2.45, 2.75) is 81.7 Å². The molecule has 1 aromatic rings. The summed E-state index contributed by atoms with van der Waals surface area (Å²) in [5, 5.41) is 3.21. The van der Waals surface area contributed by atoms with E-state index >= 15 is 0 Å². The summed E-state index contributed by atoms with van der Waals surface area (Å²) in [5.74, 6) is 1.31. The predicted molar refractivity (Wildman–Crippen MR) is 116 cm³/mol. The number of benzene rings is 1. The van der Waals surface area contributed by atoms with Gasteiger partial charge in [-0.05, 0) is 56.6 Å². The molecule has 2 fully saturated rings. The number of carbonyl (C=O) groups is 2. The maximum atomic E-state index is 12.8. The van der Waals surface area contributed by atoms with E-state index in [9.17, 15) is 9.59 Å². The van der Waals surface area contributed by atoms with Crippen LogP contribution in [0.1, 0.15) is 75.1 Å². The molecule has 1 N–H and O–H groups in total. The van der Waals surface area contributed by atoms with Crippen LogP contribution in [0, 0.1) is 5.92 Å². The lowest BCUT2D eigenvalue weighted by atomic mass is 9.87. The lowest BCUT2D eigenvalue weighted by Crippen LogP contribution is -2.39. The minimum absolute atomic E-state index is 0.00395. The van der Waals surface area contributed by atoms with E-state index in [1.165, 1.54) is 43.9 Å². The highest BCUT2D eigenvalue weighted by molar-refractivity contribution is 8.00. The highest BCUT2D eigenvalue weighted by atomic mass is 32.2. The van der Waals surface area contributed by atoms with Gasteiger partial charge in [0.05, 0.1) is 11.3 Å². The lowest BCUT2D eigenvalue weighted by Gasteiger charge is -2.31. The van der Waals surface area contributed by atoms with Gasteiger partial charge >= 0.3 is 0 Å². The number of rotatable bonds is 6. The van der Waals surface area contributed by atoms with Gasteiger partial charge in [-0.25, -0.2) is 0 Å². The largest absolute Gasteiger partial charge is 0.349 e. The van der Waals surface area contributed by atoms with Crippen LogP contribution < -0.4 is 5.32 Å². The molecule has 2 amide bonds. The summed E-state index contributed by atoms with van der Waals surface area (Å²) in [7, 11) is 1.93. The molecule has 28 heavy (non-hydrogen) atoms. The van der Waals surface area contributed by atoms with Crippen molar-refractivity contribution in [2.75, 3.05) is 12.8 Å². The van der Waals surface area contributed by atoms with Crippen LogP contribution in [0.4, 0.5) is 0 Å². The average Bonchev–Trinajstić information content (AvgIpc) is 2.74. The van der Waals surface area contributed by atoms with Crippen LogP contribution >= 0.6 is 11.8 Å². The minimum Gasteiger partial charge on any atom is -0.349 e. The summed E-state index contributed by atoms with van der Waals surface area (Å²) in [6, 6.07) is 8.33. The number of amides is 2. The maximum Gasteiger partial charge on any atom is 0.252 e. The van der Waals surface area contributed by atoms with Crippen LogP contribution in [0.3, 0.4) is 0 Å². The average molecular weight is 403 g/mol. The van der Waals surface area contributed by atoms with E-state index < -0.39 is 0 Å². The Labute approximate surface area is 173 Å². The summed E-state index contributed by atoms with van der Waals surface area (Å²) in [6.07, 6.45) is 10.5. The zero-order valence-electron chi connectivity index (χ0n) is 17.3. The van der Waals surface area contributed by atoms with Crippen LogP contribution in [-0.4, -0.2) is 41.6 Å². The summed E-state index contributed by atoms with van der Waals surface area (Å²) >= 11 is 1.49. The second-order valence-electron chi connectivity index (χ2n) is 8.51. The molecular formula is C23H34N2O2S. The fourth-order valence-electron chi connectivity index (χ4n) is 4.36. The first-order valence-corrected chi connectivity index (χ1v) is 11.8. The molecule has 0 saturated heterocycles. The van der Waals surface area contributed by atoms with E-state index in [-0.39, 0.29) is 17.9 Å². The molecule has 0 aromatic heterocycles. The topological polar surface area (TPSA) is 49.4 Å². The molecule has 5 heteroatoms.